The second-order valence-corrected chi connectivity index (χ2v) is 3.45. The van der Waals surface area contributed by atoms with Crippen LogP contribution in [0.15, 0.2) is 10.7 Å². The smallest absolute Gasteiger partial charge is 0.247 e. The van der Waals surface area contributed by atoms with Crippen molar-refractivity contribution in [1.82, 2.24) is 10.4 Å². The summed E-state index contributed by atoms with van der Waals surface area (Å²) >= 11 is 0. The molecule has 80 valence electrons. The molecule has 4 nitrogen and oxygen atoms in total. The second-order valence-electron chi connectivity index (χ2n) is 3.45. The third-order valence-corrected chi connectivity index (χ3v) is 2.22. The predicted octanol–water partition coefficient (Wildman–Crippen LogP) is 2.48. The predicted molar refractivity (Wildman–Crippen MR) is 56.3 cm³/mol. The third kappa shape index (κ3) is 3.36. The molecule has 1 aromatic heterocycles. The van der Waals surface area contributed by atoms with Crippen LogP contribution in [0.3, 0.4) is 0 Å². The normalized spacial score (nSPS) is 10.4. The van der Waals surface area contributed by atoms with Gasteiger partial charge in [0.15, 0.2) is 0 Å². The number of hydrogen-bond acceptors (Lipinski definition) is 4. The lowest BCUT2D eigenvalue weighted by molar-refractivity contribution is 0.388. The van der Waals surface area contributed by atoms with E-state index in [1.165, 1.54) is 25.7 Å². The molecule has 0 spiro atoms. The van der Waals surface area contributed by atoms with E-state index in [2.05, 4.69) is 29.1 Å². The molecular formula is C10H19N3O. The van der Waals surface area contributed by atoms with Crippen molar-refractivity contribution in [2.24, 2.45) is 0 Å². The molecule has 0 bridgehead atoms. The molecule has 0 radical (unpaired) electrons. The van der Waals surface area contributed by atoms with Crippen LogP contribution in [0, 0.1) is 0 Å². The second kappa shape index (κ2) is 6.40. The van der Waals surface area contributed by atoms with Crippen LogP contribution in [0.1, 0.15) is 39.5 Å². The van der Waals surface area contributed by atoms with Crippen molar-refractivity contribution in [3.8, 4) is 0 Å². The van der Waals surface area contributed by atoms with E-state index >= 15 is 0 Å². The Hall–Kier alpha value is -1.06. The number of aromatic nitrogens is 2. The highest BCUT2D eigenvalue weighted by atomic mass is 16.5. The molecule has 1 aromatic rings. The van der Waals surface area contributed by atoms with Gasteiger partial charge in [0.1, 0.15) is 6.20 Å². The number of hydrogen-bond donors (Lipinski definition) is 0. The Kier molecular flexibility index (Phi) is 5.04. The highest BCUT2D eigenvalue weighted by Gasteiger charge is 2.08. The fraction of sp³-hybridized carbons (Fsp3) is 0.800. The van der Waals surface area contributed by atoms with Gasteiger partial charge < -0.3 is 9.42 Å². The third-order valence-electron chi connectivity index (χ3n) is 2.22. The monoisotopic (exact) mass is 197 g/mol. The molecule has 0 N–H and O–H groups in total. The number of anilines is 1. The topological polar surface area (TPSA) is 42.2 Å². The van der Waals surface area contributed by atoms with E-state index in [4.69, 9.17) is 4.52 Å². The minimum Gasteiger partial charge on any atom is -0.339 e. The van der Waals surface area contributed by atoms with Gasteiger partial charge in [0.2, 0.25) is 5.88 Å². The molecule has 14 heavy (non-hydrogen) atoms. The van der Waals surface area contributed by atoms with E-state index in [0.717, 1.165) is 19.0 Å². The van der Waals surface area contributed by atoms with E-state index in [-0.39, 0.29) is 0 Å². The Morgan fingerprint density at radius 2 is 1.86 bits per heavy atom. The van der Waals surface area contributed by atoms with Gasteiger partial charge in [-0.15, -0.1) is 5.10 Å². The highest BCUT2D eigenvalue weighted by molar-refractivity contribution is 5.30. The Labute approximate surface area is 85.3 Å². The maximum atomic E-state index is 5.05. The first-order valence-electron chi connectivity index (χ1n) is 5.40. The van der Waals surface area contributed by atoms with Gasteiger partial charge in [0.05, 0.1) is 0 Å². The Balaban J connectivity index is 2.44. The fourth-order valence-electron chi connectivity index (χ4n) is 1.33. The van der Waals surface area contributed by atoms with Crippen molar-refractivity contribution < 1.29 is 4.52 Å². The highest BCUT2D eigenvalue weighted by Crippen LogP contribution is 2.12. The van der Waals surface area contributed by atoms with Crippen molar-refractivity contribution >= 4 is 5.88 Å². The molecule has 0 fully saturated rings. The molecule has 0 atom stereocenters. The van der Waals surface area contributed by atoms with Crippen molar-refractivity contribution in [3.05, 3.63) is 6.20 Å². The number of unbranched alkanes of at least 4 members (excludes halogenated alkanes) is 2. The van der Waals surface area contributed by atoms with Crippen molar-refractivity contribution in [2.45, 2.75) is 39.5 Å². The SMILES string of the molecule is CCCCN(CCCC)c1cnno1. The lowest BCUT2D eigenvalue weighted by Crippen LogP contribution is -2.25. The van der Waals surface area contributed by atoms with Crippen molar-refractivity contribution in [3.63, 3.8) is 0 Å². The molecule has 0 aliphatic carbocycles. The van der Waals surface area contributed by atoms with Gasteiger partial charge >= 0.3 is 0 Å². The van der Waals surface area contributed by atoms with Crippen LogP contribution in [-0.4, -0.2) is 23.5 Å². The van der Waals surface area contributed by atoms with Crippen LogP contribution < -0.4 is 4.90 Å². The number of rotatable bonds is 7. The lowest BCUT2D eigenvalue weighted by Gasteiger charge is -2.19. The summed E-state index contributed by atoms with van der Waals surface area (Å²) in [6.45, 7) is 6.45. The maximum absolute atomic E-state index is 5.05. The first-order chi connectivity index (χ1) is 6.88. The van der Waals surface area contributed by atoms with Gasteiger partial charge in [-0.2, -0.15) is 0 Å². The minimum atomic E-state index is 0.798. The average Bonchev–Trinajstić information content (AvgIpc) is 2.71. The summed E-state index contributed by atoms with van der Waals surface area (Å²) in [5.41, 5.74) is 0. The zero-order valence-corrected chi connectivity index (χ0v) is 9.07. The van der Waals surface area contributed by atoms with Crippen LogP contribution in [0.5, 0.6) is 0 Å². The van der Waals surface area contributed by atoms with Gasteiger partial charge in [-0.1, -0.05) is 26.7 Å². The zero-order valence-electron chi connectivity index (χ0n) is 9.07. The fourth-order valence-corrected chi connectivity index (χ4v) is 1.33. The zero-order chi connectivity index (χ0) is 10.2. The van der Waals surface area contributed by atoms with Gasteiger partial charge in [0.25, 0.3) is 0 Å². The van der Waals surface area contributed by atoms with Gasteiger partial charge in [0, 0.05) is 18.4 Å². The first kappa shape index (κ1) is 11.0. The summed E-state index contributed by atoms with van der Waals surface area (Å²) in [4.78, 5) is 2.22. The summed E-state index contributed by atoms with van der Waals surface area (Å²) in [7, 11) is 0. The van der Waals surface area contributed by atoms with Gasteiger partial charge in [-0.25, -0.2) is 0 Å². The van der Waals surface area contributed by atoms with Crippen LogP contribution in [0.4, 0.5) is 5.88 Å². The molecule has 0 amide bonds. The summed E-state index contributed by atoms with van der Waals surface area (Å²) < 4.78 is 5.05. The summed E-state index contributed by atoms with van der Waals surface area (Å²) in [6.07, 6.45) is 6.45. The molecule has 4 heteroatoms. The largest absolute Gasteiger partial charge is 0.339 e. The van der Waals surface area contributed by atoms with Crippen LogP contribution in [0.2, 0.25) is 0 Å². The molecule has 0 aliphatic heterocycles. The van der Waals surface area contributed by atoms with E-state index in [9.17, 15) is 0 Å². The molecule has 1 heterocycles. The summed E-state index contributed by atoms with van der Waals surface area (Å²) in [6, 6.07) is 0. The van der Waals surface area contributed by atoms with Crippen molar-refractivity contribution in [2.75, 3.05) is 18.0 Å². The Morgan fingerprint density at radius 1 is 1.21 bits per heavy atom. The van der Waals surface area contributed by atoms with Crippen LogP contribution in [-0.2, 0) is 0 Å². The van der Waals surface area contributed by atoms with E-state index in [1.807, 2.05) is 0 Å². The molecule has 0 saturated heterocycles. The lowest BCUT2D eigenvalue weighted by atomic mass is 10.3. The number of nitrogens with zero attached hydrogens (tertiary/aromatic N) is 3. The van der Waals surface area contributed by atoms with Crippen LogP contribution >= 0.6 is 0 Å². The quantitative estimate of drug-likeness (QED) is 0.673. The molecule has 1 rings (SSSR count). The van der Waals surface area contributed by atoms with E-state index in [1.54, 1.807) is 6.20 Å². The standard InChI is InChI=1S/C10H19N3O/c1-3-5-7-13(8-6-4-2)10-9-11-12-14-10/h9H,3-8H2,1-2H3. The van der Waals surface area contributed by atoms with Crippen molar-refractivity contribution in [1.29, 1.82) is 0 Å². The molecule has 0 aromatic carbocycles. The Bertz CT molecular complexity index is 215. The van der Waals surface area contributed by atoms with E-state index in [0.29, 0.717) is 0 Å². The summed E-state index contributed by atoms with van der Waals surface area (Å²) in [5.74, 6) is 0.798. The van der Waals surface area contributed by atoms with E-state index < -0.39 is 0 Å². The van der Waals surface area contributed by atoms with Crippen LogP contribution in [0.25, 0.3) is 0 Å². The first-order valence-corrected chi connectivity index (χ1v) is 5.40. The molecule has 0 saturated carbocycles. The maximum Gasteiger partial charge on any atom is 0.247 e. The Morgan fingerprint density at radius 3 is 2.29 bits per heavy atom. The minimum absolute atomic E-state index is 0.798. The van der Waals surface area contributed by atoms with Gasteiger partial charge in [-0.3, -0.25) is 0 Å². The van der Waals surface area contributed by atoms with Gasteiger partial charge in [-0.05, 0) is 12.8 Å². The average molecular weight is 197 g/mol. The molecule has 0 unspecified atom stereocenters. The molecule has 0 aliphatic rings. The molecular weight excluding hydrogens is 178 g/mol. The summed E-state index contributed by atoms with van der Waals surface area (Å²) in [5, 5.41) is 7.19.